The Morgan fingerprint density at radius 2 is 0.763 bits per heavy atom. The summed E-state index contributed by atoms with van der Waals surface area (Å²) in [6, 6.07) is 23.6. The molecule has 8 bridgehead atoms. The van der Waals surface area contributed by atoms with Gasteiger partial charge in [0.1, 0.15) is 39.8 Å². The van der Waals surface area contributed by atoms with Crippen LogP contribution in [0.15, 0.2) is 72.8 Å². The zero-order valence-electron chi connectivity index (χ0n) is 35.0. The summed E-state index contributed by atoms with van der Waals surface area (Å²) in [5.41, 5.74) is 12.4. The molecular weight excluding hydrogens is 739 g/mol. The van der Waals surface area contributed by atoms with E-state index in [0.717, 1.165) is 61.0 Å². The van der Waals surface area contributed by atoms with Crippen LogP contribution in [0.2, 0.25) is 0 Å². The summed E-state index contributed by atoms with van der Waals surface area (Å²) in [4.78, 5) is 37.9. The number of anilines is 1. The van der Waals surface area contributed by atoms with Crippen molar-refractivity contribution in [2.75, 3.05) is 25.6 Å². The number of H-pyrrole nitrogens is 2. The van der Waals surface area contributed by atoms with Gasteiger partial charge in [-0.3, -0.25) is 0 Å². The van der Waals surface area contributed by atoms with Crippen LogP contribution in [0.4, 0.5) is 5.69 Å². The molecule has 0 radical (unpaired) electrons. The van der Waals surface area contributed by atoms with Crippen molar-refractivity contribution >= 4 is 49.8 Å². The lowest BCUT2D eigenvalue weighted by Gasteiger charge is -2.19. The van der Waals surface area contributed by atoms with Crippen LogP contribution in [-0.2, 0) is 0 Å². The molecule has 0 atom stereocenters. The molecule has 2 aliphatic rings. The molecule has 9 rings (SSSR count). The van der Waals surface area contributed by atoms with Gasteiger partial charge in [0, 0.05) is 49.5 Å². The molecule has 12 nitrogen and oxygen atoms in total. The van der Waals surface area contributed by atoms with Crippen LogP contribution in [-0.4, -0.2) is 59.7 Å². The maximum atomic E-state index is 6.37. The van der Waals surface area contributed by atoms with Gasteiger partial charge in [0.2, 0.25) is 0 Å². The molecule has 59 heavy (non-hydrogen) atoms. The van der Waals surface area contributed by atoms with E-state index >= 15 is 0 Å². The molecule has 4 aromatic carbocycles. The first kappa shape index (κ1) is 38.0. The fourth-order valence-electron chi connectivity index (χ4n) is 6.92. The minimum Gasteiger partial charge on any atom is -0.493 e. The molecule has 0 unspecified atom stereocenters. The first-order valence-electron chi connectivity index (χ1n) is 20.0. The number of nitrogens with one attached hydrogen (secondary N) is 2. The zero-order valence-corrected chi connectivity index (χ0v) is 35.0. The summed E-state index contributed by atoms with van der Waals surface area (Å²) >= 11 is 0. The molecule has 0 spiro atoms. The van der Waals surface area contributed by atoms with Gasteiger partial charge in [-0.25, -0.2) is 29.9 Å². The van der Waals surface area contributed by atoms with E-state index in [1.807, 2.05) is 72.8 Å². The van der Waals surface area contributed by atoms with Crippen LogP contribution in [0.1, 0.15) is 62.3 Å². The first-order valence-corrected chi connectivity index (χ1v) is 20.0. The first-order chi connectivity index (χ1) is 27.9. The van der Waals surface area contributed by atoms with E-state index < -0.39 is 0 Å². The monoisotopic (exact) mass is 787 g/mol. The third-order valence-corrected chi connectivity index (χ3v) is 9.78. The Morgan fingerprint density at radius 3 is 1.20 bits per heavy atom. The number of nitrogen functional groups attached to an aromatic ring is 1. The SMILES string of the molecule is CC(C)(C)COc1ccc2c(c1)-c1nc-2nc2[nH]c(nc3nc(nc4[nH]c(n1)c1ccc(N)cc41)-c1ccc(OCC(C)(C)C)cc1-3)c1ccc(OCC(C)(C)C)cc21. The van der Waals surface area contributed by atoms with Crippen molar-refractivity contribution < 1.29 is 14.2 Å². The van der Waals surface area contributed by atoms with Gasteiger partial charge in [0.05, 0.1) is 19.8 Å². The molecule has 3 aromatic heterocycles. The number of rotatable bonds is 6. The number of nitrogens with zero attached hydrogens (tertiary/aromatic N) is 6. The standard InChI is InChI=1S/C47H49N9O3/c1-45(2,3)22-57-26-11-15-30-34(19-26)43-52-38(30)50-41-33-18-25(48)10-14-29(33)37(49-41)51-42-35-20-27(58-23-46(4,5)6)12-16-31(35)39(53-42)55-44-36-21-28(59-24-47(7,8)9)13-17-32(36)40(54-43)56-44/h10-21H,22-24,48H2,1-9H3,(H2,49,50,51,52,53,54,55,56). The highest BCUT2D eigenvalue weighted by Gasteiger charge is 2.25. The van der Waals surface area contributed by atoms with Crippen molar-refractivity contribution in [2.45, 2.75) is 62.3 Å². The van der Waals surface area contributed by atoms with E-state index in [2.05, 4.69) is 72.3 Å². The molecule has 0 saturated carbocycles. The minimum atomic E-state index is -0.0294. The Kier molecular flexibility index (Phi) is 8.87. The lowest BCUT2D eigenvalue weighted by Crippen LogP contribution is -2.16. The largest absolute Gasteiger partial charge is 0.493 e. The summed E-state index contributed by atoms with van der Waals surface area (Å²) in [6.07, 6.45) is 0. The van der Waals surface area contributed by atoms with Crippen molar-refractivity contribution in [3.05, 3.63) is 72.8 Å². The van der Waals surface area contributed by atoms with E-state index in [1.54, 1.807) is 0 Å². The van der Waals surface area contributed by atoms with Gasteiger partial charge >= 0.3 is 0 Å². The van der Waals surface area contributed by atoms with E-state index in [0.29, 0.717) is 71.4 Å². The molecule has 0 saturated heterocycles. The highest BCUT2D eigenvalue weighted by atomic mass is 16.5. The predicted octanol–water partition coefficient (Wildman–Crippen LogP) is 10.7. The number of fused-ring (bicyclic) bond motifs is 20. The van der Waals surface area contributed by atoms with Gasteiger partial charge in [-0.2, -0.15) is 0 Å². The normalized spacial score (nSPS) is 12.8. The van der Waals surface area contributed by atoms with Crippen molar-refractivity contribution in [3.8, 4) is 62.8 Å². The lowest BCUT2D eigenvalue weighted by atomic mass is 9.98. The van der Waals surface area contributed by atoms with Crippen LogP contribution in [0.25, 0.3) is 89.7 Å². The fraction of sp³-hybridized carbons (Fsp3) is 0.319. The Balaban J connectivity index is 1.35. The number of aromatic nitrogens is 8. The number of hydrogen-bond donors (Lipinski definition) is 3. The lowest BCUT2D eigenvalue weighted by molar-refractivity contribution is 0.198. The predicted molar refractivity (Wildman–Crippen MR) is 235 cm³/mol. The molecule has 0 amide bonds. The third-order valence-electron chi connectivity index (χ3n) is 9.78. The molecule has 5 heterocycles. The van der Waals surface area contributed by atoms with Gasteiger partial charge in [0.15, 0.2) is 23.3 Å². The van der Waals surface area contributed by atoms with Crippen LogP contribution < -0.4 is 19.9 Å². The van der Waals surface area contributed by atoms with Crippen LogP contribution >= 0.6 is 0 Å². The molecular formula is C47H49N9O3. The van der Waals surface area contributed by atoms with Crippen molar-refractivity contribution in [1.82, 2.24) is 39.9 Å². The summed E-state index contributed by atoms with van der Waals surface area (Å²) in [5, 5.41) is 3.30. The number of hydrogen-bond acceptors (Lipinski definition) is 10. The van der Waals surface area contributed by atoms with Crippen molar-refractivity contribution in [2.24, 2.45) is 16.2 Å². The maximum absolute atomic E-state index is 6.37. The summed E-state index contributed by atoms with van der Waals surface area (Å²) in [6.45, 7) is 20.9. The Hall–Kier alpha value is -6.56. The second-order valence-electron chi connectivity index (χ2n) is 19.1. The second kappa shape index (κ2) is 13.8. The highest BCUT2D eigenvalue weighted by molar-refractivity contribution is 6.07. The molecule has 0 aliphatic carbocycles. The maximum Gasteiger partial charge on any atom is 0.164 e. The smallest absolute Gasteiger partial charge is 0.164 e. The third kappa shape index (κ3) is 7.74. The van der Waals surface area contributed by atoms with Gasteiger partial charge in [0.25, 0.3) is 0 Å². The molecule has 2 aliphatic heterocycles. The van der Waals surface area contributed by atoms with Gasteiger partial charge in [-0.15, -0.1) is 0 Å². The molecule has 0 fully saturated rings. The number of ether oxygens (including phenoxy) is 3. The molecule has 300 valence electrons. The Morgan fingerprint density at radius 1 is 0.407 bits per heavy atom. The number of nitrogens with two attached hydrogens (primary N) is 1. The van der Waals surface area contributed by atoms with Crippen molar-refractivity contribution in [3.63, 3.8) is 0 Å². The summed E-state index contributed by atoms with van der Waals surface area (Å²) < 4.78 is 18.8. The Bertz CT molecular complexity index is 2960. The summed E-state index contributed by atoms with van der Waals surface area (Å²) in [5.74, 6) is 4.12. The topological polar surface area (TPSA) is 163 Å². The van der Waals surface area contributed by atoms with E-state index in [9.17, 15) is 0 Å². The zero-order chi connectivity index (χ0) is 41.4. The molecule has 12 heteroatoms. The minimum absolute atomic E-state index is 0.0285. The van der Waals surface area contributed by atoms with Gasteiger partial charge in [-0.1, -0.05) is 62.3 Å². The van der Waals surface area contributed by atoms with Gasteiger partial charge in [-0.05, 0) is 89.0 Å². The van der Waals surface area contributed by atoms with Gasteiger partial charge < -0.3 is 29.9 Å². The van der Waals surface area contributed by atoms with Crippen LogP contribution in [0.5, 0.6) is 17.2 Å². The number of aromatic amines is 2. The van der Waals surface area contributed by atoms with E-state index in [-0.39, 0.29) is 16.2 Å². The fourth-order valence-corrected chi connectivity index (χ4v) is 6.92. The van der Waals surface area contributed by atoms with Crippen LogP contribution in [0, 0.1) is 16.2 Å². The highest BCUT2D eigenvalue weighted by Crippen LogP contribution is 2.40. The number of benzene rings is 4. The Labute approximate surface area is 342 Å². The average Bonchev–Trinajstić information content (AvgIpc) is 3.89. The molecule has 7 aromatic rings. The van der Waals surface area contributed by atoms with Crippen molar-refractivity contribution in [1.29, 1.82) is 0 Å². The molecule has 4 N–H and O–H groups in total. The second-order valence-corrected chi connectivity index (χ2v) is 19.1. The average molecular weight is 788 g/mol. The van der Waals surface area contributed by atoms with E-state index in [1.165, 1.54) is 0 Å². The summed E-state index contributed by atoms with van der Waals surface area (Å²) in [7, 11) is 0. The van der Waals surface area contributed by atoms with Crippen LogP contribution in [0.3, 0.4) is 0 Å². The van der Waals surface area contributed by atoms with E-state index in [4.69, 9.17) is 49.8 Å². The quantitative estimate of drug-likeness (QED) is 0.138.